The Morgan fingerprint density at radius 2 is 1.67 bits per heavy atom. The molecule has 3 rings (SSSR count). The van der Waals surface area contributed by atoms with Gasteiger partial charge in [0.1, 0.15) is 5.75 Å². The van der Waals surface area contributed by atoms with Crippen molar-refractivity contribution in [1.29, 1.82) is 0 Å². The fourth-order valence-electron chi connectivity index (χ4n) is 2.41. The van der Waals surface area contributed by atoms with E-state index < -0.39 is 11.8 Å². The van der Waals surface area contributed by atoms with E-state index in [1.54, 1.807) is 12.1 Å². The zero-order valence-electron chi connectivity index (χ0n) is 14.3. The summed E-state index contributed by atoms with van der Waals surface area (Å²) in [6, 6.07) is 21.0. The van der Waals surface area contributed by atoms with Gasteiger partial charge in [-0.3, -0.25) is 20.4 Å². The van der Waals surface area contributed by atoms with Crippen LogP contribution in [0.4, 0.5) is 0 Å². The number of halogens is 1. The quantitative estimate of drug-likeness (QED) is 0.482. The summed E-state index contributed by atoms with van der Waals surface area (Å²) in [6.45, 7) is -0.223. The first-order valence-electron chi connectivity index (χ1n) is 8.25. The number of amides is 2. The second kappa shape index (κ2) is 9.00. The van der Waals surface area contributed by atoms with Crippen molar-refractivity contribution in [3.63, 3.8) is 0 Å². The number of benzene rings is 3. The number of ether oxygens (including phenoxy) is 1. The molecule has 0 saturated carbocycles. The standard InChI is InChI=1S/C21H17BrN2O3/c22-21-17-9-5-4-8-16(17)11-12-18(21)27-14-20(26)24-23-19(25)13-10-15-6-2-1-3-7-15/h1-13H,14H2,(H,23,25)(H,24,26)/b13-10+. The molecule has 0 unspecified atom stereocenters. The van der Waals surface area contributed by atoms with Crippen molar-refractivity contribution < 1.29 is 14.3 Å². The summed E-state index contributed by atoms with van der Waals surface area (Å²) in [5, 5.41) is 2.06. The van der Waals surface area contributed by atoms with Crippen LogP contribution in [-0.4, -0.2) is 18.4 Å². The van der Waals surface area contributed by atoms with Crippen molar-refractivity contribution in [3.8, 4) is 5.75 Å². The summed E-state index contributed by atoms with van der Waals surface area (Å²) in [5.74, 6) is -0.338. The van der Waals surface area contributed by atoms with E-state index in [1.807, 2.05) is 60.7 Å². The molecule has 2 N–H and O–H groups in total. The Balaban J connectivity index is 1.49. The summed E-state index contributed by atoms with van der Waals surface area (Å²) >= 11 is 3.50. The molecule has 0 bridgehead atoms. The second-order valence-electron chi connectivity index (χ2n) is 5.67. The Kier molecular flexibility index (Phi) is 6.22. The molecule has 5 nitrogen and oxygen atoms in total. The monoisotopic (exact) mass is 424 g/mol. The first kappa shape index (κ1) is 18.7. The van der Waals surface area contributed by atoms with Crippen LogP contribution in [0.2, 0.25) is 0 Å². The summed E-state index contributed by atoms with van der Waals surface area (Å²) in [7, 11) is 0. The fraction of sp³-hybridized carbons (Fsp3) is 0.0476. The maximum atomic E-state index is 11.9. The Labute approximate surface area is 165 Å². The lowest BCUT2D eigenvalue weighted by Crippen LogP contribution is -2.43. The van der Waals surface area contributed by atoms with Crippen LogP contribution in [0.5, 0.6) is 5.75 Å². The molecule has 6 heteroatoms. The Morgan fingerprint density at radius 3 is 2.48 bits per heavy atom. The average Bonchev–Trinajstić information content (AvgIpc) is 2.71. The van der Waals surface area contributed by atoms with Gasteiger partial charge in [-0.2, -0.15) is 0 Å². The maximum absolute atomic E-state index is 11.9. The molecule has 0 aromatic heterocycles. The largest absolute Gasteiger partial charge is 0.483 e. The van der Waals surface area contributed by atoms with E-state index >= 15 is 0 Å². The van der Waals surface area contributed by atoms with Gasteiger partial charge in [0.25, 0.3) is 11.8 Å². The van der Waals surface area contributed by atoms with Gasteiger partial charge >= 0.3 is 0 Å². The lowest BCUT2D eigenvalue weighted by Gasteiger charge is -2.10. The lowest BCUT2D eigenvalue weighted by molar-refractivity contribution is -0.128. The van der Waals surface area contributed by atoms with E-state index in [1.165, 1.54) is 6.08 Å². The van der Waals surface area contributed by atoms with Gasteiger partial charge < -0.3 is 4.74 Å². The Hall–Kier alpha value is -3.12. The number of hydrogen-bond acceptors (Lipinski definition) is 3. The highest BCUT2D eigenvalue weighted by Crippen LogP contribution is 2.32. The molecule has 2 amide bonds. The Morgan fingerprint density at radius 1 is 0.926 bits per heavy atom. The van der Waals surface area contributed by atoms with Crippen molar-refractivity contribution in [2.24, 2.45) is 0 Å². The molecule has 3 aromatic rings. The van der Waals surface area contributed by atoms with Gasteiger partial charge in [-0.1, -0.05) is 60.7 Å². The highest BCUT2D eigenvalue weighted by Gasteiger charge is 2.09. The topological polar surface area (TPSA) is 67.4 Å². The molecule has 0 aliphatic carbocycles. The number of carbonyl (C=O) groups excluding carboxylic acids is 2. The Bertz CT molecular complexity index is 987. The molecule has 0 saturated heterocycles. The molecule has 0 spiro atoms. The molecule has 3 aromatic carbocycles. The first-order valence-corrected chi connectivity index (χ1v) is 9.05. The van der Waals surface area contributed by atoms with Crippen LogP contribution in [0, 0.1) is 0 Å². The van der Waals surface area contributed by atoms with Crippen molar-refractivity contribution in [1.82, 2.24) is 10.9 Å². The predicted octanol–water partition coefficient (Wildman–Crippen LogP) is 3.84. The van der Waals surface area contributed by atoms with E-state index in [-0.39, 0.29) is 6.61 Å². The van der Waals surface area contributed by atoms with Crippen LogP contribution in [0.1, 0.15) is 5.56 Å². The van der Waals surface area contributed by atoms with Crippen molar-refractivity contribution in [2.45, 2.75) is 0 Å². The van der Waals surface area contributed by atoms with Crippen LogP contribution < -0.4 is 15.6 Å². The zero-order chi connectivity index (χ0) is 19.1. The van der Waals surface area contributed by atoms with Crippen LogP contribution >= 0.6 is 15.9 Å². The van der Waals surface area contributed by atoms with Gasteiger partial charge in [0.2, 0.25) is 0 Å². The SMILES string of the molecule is O=C(/C=C/c1ccccc1)NNC(=O)COc1ccc2ccccc2c1Br. The van der Waals surface area contributed by atoms with Crippen molar-refractivity contribution >= 4 is 44.6 Å². The van der Waals surface area contributed by atoms with Gasteiger partial charge in [-0.05, 0) is 44.4 Å². The normalized spacial score (nSPS) is 10.7. The van der Waals surface area contributed by atoms with Crippen LogP contribution in [0.25, 0.3) is 16.8 Å². The number of fused-ring (bicyclic) bond motifs is 1. The number of hydrazine groups is 1. The van der Waals surface area contributed by atoms with E-state index in [4.69, 9.17) is 4.74 Å². The van der Waals surface area contributed by atoms with Crippen molar-refractivity contribution in [3.05, 3.63) is 82.8 Å². The number of nitrogens with one attached hydrogen (secondary N) is 2. The highest BCUT2D eigenvalue weighted by molar-refractivity contribution is 9.10. The van der Waals surface area contributed by atoms with Crippen LogP contribution in [-0.2, 0) is 9.59 Å². The molecule has 0 heterocycles. The second-order valence-corrected chi connectivity index (χ2v) is 6.46. The van der Waals surface area contributed by atoms with Crippen LogP contribution in [0.15, 0.2) is 77.3 Å². The highest BCUT2D eigenvalue weighted by atomic mass is 79.9. The predicted molar refractivity (Wildman–Crippen MR) is 109 cm³/mol. The summed E-state index contributed by atoms with van der Waals surface area (Å²) < 4.78 is 6.32. The van der Waals surface area contributed by atoms with E-state index in [9.17, 15) is 9.59 Å². The third-order valence-corrected chi connectivity index (χ3v) is 4.56. The molecule has 27 heavy (non-hydrogen) atoms. The molecular formula is C21H17BrN2O3. The molecular weight excluding hydrogens is 408 g/mol. The molecule has 0 aliphatic heterocycles. The van der Waals surface area contributed by atoms with Crippen molar-refractivity contribution in [2.75, 3.05) is 6.61 Å². The molecule has 0 radical (unpaired) electrons. The molecule has 0 fully saturated rings. The lowest BCUT2D eigenvalue weighted by atomic mass is 10.1. The third kappa shape index (κ3) is 5.18. The fourth-order valence-corrected chi connectivity index (χ4v) is 3.02. The minimum atomic E-state index is -0.462. The van der Waals surface area contributed by atoms with Gasteiger partial charge in [0.15, 0.2) is 6.61 Å². The number of rotatable bonds is 5. The van der Waals surface area contributed by atoms with Gasteiger partial charge in [-0.25, -0.2) is 0 Å². The molecule has 136 valence electrons. The minimum Gasteiger partial charge on any atom is -0.483 e. The minimum absolute atomic E-state index is 0.223. The molecule has 0 aliphatic rings. The smallest absolute Gasteiger partial charge is 0.276 e. The molecule has 0 atom stereocenters. The number of hydrogen-bond donors (Lipinski definition) is 2. The van der Waals surface area contributed by atoms with Gasteiger partial charge in [-0.15, -0.1) is 0 Å². The van der Waals surface area contributed by atoms with Gasteiger partial charge in [0, 0.05) is 6.08 Å². The van der Waals surface area contributed by atoms with E-state index in [0.717, 1.165) is 20.8 Å². The number of carbonyl (C=O) groups is 2. The van der Waals surface area contributed by atoms with E-state index in [2.05, 4.69) is 26.8 Å². The summed E-state index contributed by atoms with van der Waals surface area (Å²) in [6.07, 6.45) is 3.00. The van der Waals surface area contributed by atoms with Gasteiger partial charge in [0.05, 0.1) is 4.47 Å². The summed E-state index contributed by atoms with van der Waals surface area (Å²) in [4.78, 5) is 23.6. The first-order chi connectivity index (χ1) is 13.1. The maximum Gasteiger partial charge on any atom is 0.276 e. The van der Waals surface area contributed by atoms with Crippen LogP contribution in [0.3, 0.4) is 0 Å². The zero-order valence-corrected chi connectivity index (χ0v) is 15.9. The van der Waals surface area contributed by atoms with E-state index in [0.29, 0.717) is 5.75 Å². The summed E-state index contributed by atoms with van der Waals surface area (Å²) in [5.41, 5.74) is 5.52. The third-order valence-electron chi connectivity index (χ3n) is 3.74. The average molecular weight is 425 g/mol.